The number of nitrogen functional groups attached to an aromatic ring is 1. The molecule has 0 radical (unpaired) electrons. The minimum Gasteiger partial charge on any atom is -0.399 e. The smallest absolute Gasteiger partial charge is 0.282 e. The molecular weight excluding hydrogens is 284 g/mol. The number of carbonyl (C=O) groups excluding carboxylic acids is 1. The third-order valence-electron chi connectivity index (χ3n) is 2.64. The topological polar surface area (TPSA) is 98.3 Å². The summed E-state index contributed by atoms with van der Waals surface area (Å²) in [5.41, 5.74) is 4.30. The molecule has 0 aliphatic rings. The predicted octanol–water partition coefficient (Wildman–Crippen LogP) is 2.71. The number of anilines is 2. The first-order valence-electron chi connectivity index (χ1n) is 5.69. The molecule has 0 saturated heterocycles. The Morgan fingerprint density at radius 3 is 2.57 bits per heavy atom. The Balaban J connectivity index is 2.39. The van der Waals surface area contributed by atoms with E-state index in [0.717, 1.165) is 24.3 Å². The fourth-order valence-electron chi connectivity index (χ4n) is 1.68. The van der Waals surface area contributed by atoms with Crippen LogP contribution in [0.4, 0.5) is 25.8 Å². The summed E-state index contributed by atoms with van der Waals surface area (Å²) in [5.74, 6) is -2.60. The number of hydrogen-bond acceptors (Lipinski definition) is 4. The first-order valence-corrected chi connectivity index (χ1v) is 5.69. The molecule has 0 unspecified atom stereocenters. The van der Waals surface area contributed by atoms with Crippen molar-refractivity contribution in [3.63, 3.8) is 0 Å². The van der Waals surface area contributed by atoms with Crippen molar-refractivity contribution in [3.05, 3.63) is 63.7 Å². The number of nitrogens with two attached hydrogens (primary N) is 1. The minimum atomic E-state index is -1.01. The maximum atomic E-state index is 13.5. The van der Waals surface area contributed by atoms with E-state index in [9.17, 15) is 23.7 Å². The van der Waals surface area contributed by atoms with Gasteiger partial charge in [-0.2, -0.15) is 0 Å². The normalized spacial score (nSPS) is 10.2. The molecule has 0 spiro atoms. The van der Waals surface area contributed by atoms with Crippen LogP contribution in [0.1, 0.15) is 10.4 Å². The second-order valence-electron chi connectivity index (χ2n) is 4.11. The molecule has 3 N–H and O–H groups in total. The molecule has 0 aliphatic heterocycles. The third kappa shape index (κ3) is 3.11. The molecular formula is C13H9F2N3O3. The lowest BCUT2D eigenvalue weighted by Gasteiger charge is -2.07. The molecule has 2 aromatic carbocycles. The van der Waals surface area contributed by atoms with Gasteiger partial charge in [0.2, 0.25) is 0 Å². The van der Waals surface area contributed by atoms with Gasteiger partial charge in [-0.1, -0.05) is 0 Å². The molecule has 21 heavy (non-hydrogen) atoms. The van der Waals surface area contributed by atoms with Crippen molar-refractivity contribution in [2.45, 2.75) is 0 Å². The Morgan fingerprint density at radius 1 is 1.19 bits per heavy atom. The lowest BCUT2D eigenvalue weighted by molar-refractivity contribution is -0.385. The molecule has 8 heteroatoms. The molecule has 0 saturated carbocycles. The largest absolute Gasteiger partial charge is 0.399 e. The van der Waals surface area contributed by atoms with Gasteiger partial charge in [0.1, 0.15) is 17.2 Å². The number of benzene rings is 2. The van der Waals surface area contributed by atoms with Crippen LogP contribution < -0.4 is 11.1 Å². The molecule has 0 fully saturated rings. The number of hydrogen-bond donors (Lipinski definition) is 2. The number of nitrogens with zero attached hydrogens (tertiary/aromatic N) is 1. The fourth-order valence-corrected chi connectivity index (χ4v) is 1.68. The van der Waals surface area contributed by atoms with Gasteiger partial charge < -0.3 is 11.1 Å². The number of amides is 1. The van der Waals surface area contributed by atoms with Crippen LogP contribution in [0.3, 0.4) is 0 Å². The lowest BCUT2D eigenvalue weighted by Crippen LogP contribution is -2.15. The maximum Gasteiger partial charge on any atom is 0.282 e. The van der Waals surface area contributed by atoms with Crippen molar-refractivity contribution in [1.82, 2.24) is 0 Å². The summed E-state index contributed by atoms with van der Waals surface area (Å²) in [7, 11) is 0. The molecule has 6 nitrogen and oxygen atoms in total. The van der Waals surface area contributed by atoms with Gasteiger partial charge in [0.05, 0.1) is 10.6 Å². The second kappa shape index (κ2) is 5.53. The summed E-state index contributed by atoms with van der Waals surface area (Å²) in [5, 5.41) is 12.9. The van der Waals surface area contributed by atoms with Gasteiger partial charge in [-0.15, -0.1) is 0 Å². The van der Waals surface area contributed by atoms with Gasteiger partial charge in [-0.3, -0.25) is 14.9 Å². The van der Waals surface area contributed by atoms with Crippen LogP contribution in [0, 0.1) is 21.7 Å². The summed E-state index contributed by atoms with van der Waals surface area (Å²) in [4.78, 5) is 22.0. The van der Waals surface area contributed by atoms with E-state index in [1.54, 1.807) is 0 Å². The van der Waals surface area contributed by atoms with Gasteiger partial charge in [0.15, 0.2) is 0 Å². The first-order chi connectivity index (χ1) is 9.88. The Hall–Kier alpha value is -3.03. The van der Waals surface area contributed by atoms with E-state index in [2.05, 4.69) is 5.32 Å². The van der Waals surface area contributed by atoms with Crippen LogP contribution in [0.25, 0.3) is 0 Å². The molecule has 0 bridgehead atoms. The average Bonchev–Trinajstić information content (AvgIpc) is 2.42. The van der Waals surface area contributed by atoms with E-state index in [4.69, 9.17) is 5.73 Å². The molecule has 1 amide bonds. The molecule has 108 valence electrons. The van der Waals surface area contributed by atoms with Gasteiger partial charge in [0.25, 0.3) is 11.6 Å². The Labute approximate surface area is 117 Å². The Morgan fingerprint density at radius 2 is 1.90 bits per heavy atom. The van der Waals surface area contributed by atoms with Gasteiger partial charge in [-0.05, 0) is 30.3 Å². The molecule has 2 aromatic rings. The number of rotatable bonds is 3. The molecule has 0 aliphatic carbocycles. The van der Waals surface area contributed by atoms with Crippen LogP contribution in [-0.4, -0.2) is 10.8 Å². The monoisotopic (exact) mass is 293 g/mol. The van der Waals surface area contributed by atoms with Crippen molar-refractivity contribution in [2.75, 3.05) is 11.1 Å². The van der Waals surface area contributed by atoms with Gasteiger partial charge >= 0.3 is 0 Å². The van der Waals surface area contributed by atoms with Crippen molar-refractivity contribution in [2.24, 2.45) is 0 Å². The predicted molar refractivity (Wildman–Crippen MR) is 71.8 cm³/mol. The number of halogens is 2. The van der Waals surface area contributed by atoms with Gasteiger partial charge in [-0.25, -0.2) is 8.78 Å². The molecule has 0 heterocycles. The lowest BCUT2D eigenvalue weighted by atomic mass is 10.1. The number of nitro groups is 1. The standard InChI is InChI=1S/C13H9F2N3O3/c14-7-1-4-12(18(20)21)9(5-7)13(19)17-11-6-8(16)2-3-10(11)15/h1-6H,16H2,(H,17,19). The van der Waals surface area contributed by atoms with Crippen LogP contribution in [0.2, 0.25) is 0 Å². The molecule has 0 atom stereocenters. The van der Waals surface area contributed by atoms with E-state index < -0.39 is 33.7 Å². The average molecular weight is 293 g/mol. The summed E-state index contributed by atoms with van der Waals surface area (Å²) in [6, 6.07) is 5.90. The zero-order valence-electron chi connectivity index (χ0n) is 10.5. The van der Waals surface area contributed by atoms with Crippen molar-refractivity contribution in [3.8, 4) is 0 Å². The van der Waals surface area contributed by atoms with Crippen LogP contribution >= 0.6 is 0 Å². The van der Waals surface area contributed by atoms with E-state index in [1.165, 1.54) is 6.07 Å². The zero-order valence-corrected chi connectivity index (χ0v) is 10.5. The Kier molecular flexibility index (Phi) is 3.79. The first kappa shape index (κ1) is 14.4. The van der Waals surface area contributed by atoms with Crippen LogP contribution in [0.15, 0.2) is 36.4 Å². The third-order valence-corrected chi connectivity index (χ3v) is 2.64. The second-order valence-corrected chi connectivity index (χ2v) is 4.11. The van der Waals surface area contributed by atoms with Crippen LogP contribution in [0.5, 0.6) is 0 Å². The summed E-state index contributed by atoms with van der Waals surface area (Å²) in [6.45, 7) is 0. The highest BCUT2D eigenvalue weighted by molar-refractivity contribution is 6.07. The highest BCUT2D eigenvalue weighted by Crippen LogP contribution is 2.23. The Bertz CT molecular complexity index is 735. The SMILES string of the molecule is Nc1ccc(F)c(NC(=O)c2cc(F)ccc2[N+](=O)[O-])c1. The van der Waals surface area contributed by atoms with Crippen molar-refractivity contribution >= 4 is 23.0 Å². The highest BCUT2D eigenvalue weighted by Gasteiger charge is 2.21. The van der Waals surface area contributed by atoms with Crippen molar-refractivity contribution in [1.29, 1.82) is 0 Å². The van der Waals surface area contributed by atoms with E-state index in [0.29, 0.717) is 6.07 Å². The zero-order chi connectivity index (χ0) is 15.6. The van der Waals surface area contributed by atoms with Crippen molar-refractivity contribution < 1.29 is 18.5 Å². The number of carbonyl (C=O) groups is 1. The van der Waals surface area contributed by atoms with E-state index in [-0.39, 0.29) is 11.4 Å². The quantitative estimate of drug-likeness (QED) is 0.516. The molecule has 0 aromatic heterocycles. The van der Waals surface area contributed by atoms with E-state index >= 15 is 0 Å². The minimum absolute atomic E-state index is 0.195. The van der Waals surface area contributed by atoms with Crippen LogP contribution in [-0.2, 0) is 0 Å². The summed E-state index contributed by atoms with van der Waals surface area (Å²) < 4.78 is 26.7. The number of nitro benzene ring substituents is 1. The maximum absolute atomic E-state index is 13.5. The summed E-state index contributed by atoms with van der Waals surface area (Å²) in [6.07, 6.45) is 0. The van der Waals surface area contributed by atoms with Gasteiger partial charge in [0, 0.05) is 11.8 Å². The fraction of sp³-hybridized carbons (Fsp3) is 0. The van der Waals surface area contributed by atoms with E-state index in [1.807, 2.05) is 0 Å². The molecule has 2 rings (SSSR count). The highest BCUT2D eigenvalue weighted by atomic mass is 19.1. The number of nitrogens with one attached hydrogen (secondary N) is 1. The summed E-state index contributed by atoms with van der Waals surface area (Å²) >= 11 is 0.